The maximum atomic E-state index is 13.0. The van der Waals surface area contributed by atoms with Crippen molar-refractivity contribution in [2.75, 3.05) is 5.32 Å². The fourth-order valence-corrected chi connectivity index (χ4v) is 3.75. The molecule has 1 N–H and O–H groups in total. The van der Waals surface area contributed by atoms with Crippen LogP contribution in [-0.2, 0) is 4.79 Å². The zero-order valence-corrected chi connectivity index (χ0v) is 15.9. The Morgan fingerprint density at radius 1 is 1.00 bits per heavy atom. The molecule has 0 spiro atoms. The first-order valence-corrected chi connectivity index (χ1v) is 9.60. The molecule has 0 unspecified atom stereocenters. The molecule has 3 aromatic carbocycles. The Hall–Kier alpha value is -3.84. The molecule has 0 saturated heterocycles. The first kappa shape index (κ1) is 18.5. The molecule has 0 aliphatic carbocycles. The van der Waals surface area contributed by atoms with E-state index in [9.17, 15) is 14.9 Å². The van der Waals surface area contributed by atoms with Gasteiger partial charge in [-0.05, 0) is 23.3 Å². The van der Waals surface area contributed by atoms with Crippen LogP contribution in [-0.4, -0.2) is 15.8 Å². The molecule has 1 aromatic heterocycles. The van der Waals surface area contributed by atoms with Gasteiger partial charge in [-0.15, -0.1) is 0 Å². The van der Waals surface area contributed by atoms with E-state index in [1.807, 2.05) is 66.7 Å². The second-order valence-electron chi connectivity index (χ2n) is 6.22. The number of carbonyl (C=O) groups excluding carboxylic acids is 1. The van der Waals surface area contributed by atoms with Crippen molar-refractivity contribution < 1.29 is 9.72 Å². The summed E-state index contributed by atoms with van der Waals surface area (Å²) in [6.07, 6.45) is 1.82. The summed E-state index contributed by atoms with van der Waals surface area (Å²) in [6.45, 7) is 0. The second-order valence-corrected chi connectivity index (χ2v) is 7.25. The van der Waals surface area contributed by atoms with Gasteiger partial charge in [0.05, 0.1) is 15.1 Å². The highest BCUT2D eigenvalue weighted by Crippen LogP contribution is 2.30. The minimum atomic E-state index is -0.451. The Balaban J connectivity index is 1.67. The molecule has 142 valence electrons. The molecule has 1 amide bonds. The normalized spacial score (nSPS) is 11.4. The number of nitrogens with zero attached hydrogens (tertiary/aromatic N) is 2. The molecule has 4 rings (SSSR count). The lowest BCUT2D eigenvalue weighted by Gasteiger charge is -2.08. The number of aromatic nitrogens is 1. The molecule has 0 atom stereocenters. The van der Waals surface area contributed by atoms with Crippen LogP contribution in [0.3, 0.4) is 0 Å². The maximum absolute atomic E-state index is 13.0. The summed E-state index contributed by atoms with van der Waals surface area (Å²) in [6, 6.07) is 23.4. The van der Waals surface area contributed by atoms with Crippen molar-refractivity contribution in [2.45, 2.75) is 0 Å². The number of hydrogen-bond acceptors (Lipinski definition) is 5. The molecule has 29 heavy (non-hydrogen) atoms. The Kier molecular flexibility index (Phi) is 5.13. The van der Waals surface area contributed by atoms with E-state index in [0.717, 1.165) is 11.1 Å². The molecule has 0 saturated carbocycles. The molecular formula is C22H15N3O3S. The predicted octanol–water partition coefficient (Wildman–Crippen LogP) is 5.38. The highest BCUT2D eigenvalue weighted by molar-refractivity contribution is 7.22. The molecule has 7 heteroatoms. The van der Waals surface area contributed by atoms with E-state index < -0.39 is 4.92 Å². The van der Waals surface area contributed by atoms with Gasteiger partial charge in [-0.3, -0.25) is 20.2 Å². The molecular weight excluding hydrogens is 386 g/mol. The summed E-state index contributed by atoms with van der Waals surface area (Å²) >= 11 is 1.20. The van der Waals surface area contributed by atoms with E-state index in [1.165, 1.54) is 23.5 Å². The van der Waals surface area contributed by atoms with Crippen molar-refractivity contribution in [2.24, 2.45) is 0 Å². The number of thiazole rings is 1. The molecule has 0 bridgehead atoms. The van der Waals surface area contributed by atoms with Crippen LogP contribution in [0, 0.1) is 10.1 Å². The van der Waals surface area contributed by atoms with Crippen molar-refractivity contribution in [1.29, 1.82) is 0 Å². The quantitative estimate of drug-likeness (QED) is 0.210. The third-order valence-electron chi connectivity index (χ3n) is 4.24. The average molecular weight is 401 g/mol. The molecule has 0 fully saturated rings. The summed E-state index contributed by atoms with van der Waals surface area (Å²) in [4.78, 5) is 27.9. The van der Waals surface area contributed by atoms with Gasteiger partial charge in [0.15, 0.2) is 5.13 Å². The Labute approximate surface area is 170 Å². The van der Waals surface area contributed by atoms with Gasteiger partial charge < -0.3 is 0 Å². The van der Waals surface area contributed by atoms with Gasteiger partial charge in [0, 0.05) is 17.7 Å². The fourth-order valence-electron chi connectivity index (χ4n) is 2.86. The van der Waals surface area contributed by atoms with Crippen LogP contribution in [0.4, 0.5) is 10.8 Å². The van der Waals surface area contributed by atoms with Crippen LogP contribution in [0.2, 0.25) is 0 Å². The summed E-state index contributed by atoms with van der Waals surface area (Å²) < 4.78 is 0.641. The van der Waals surface area contributed by atoms with Crippen LogP contribution in [0.1, 0.15) is 11.1 Å². The third kappa shape index (κ3) is 4.20. The number of anilines is 1. The number of fused-ring (bicyclic) bond motifs is 1. The number of hydrogen-bond donors (Lipinski definition) is 1. The van der Waals surface area contributed by atoms with E-state index in [4.69, 9.17) is 0 Å². The monoisotopic (exact) mass is 401 g/mol. The number of nitro benzene ring substituents is 1. The highest BCUT2D eigenvalue weighted by Gasteiger charge is 2.16. The van der Waals surface area contributed by atoms with Crippen molar-refractivity contribution in [3.63, 3.8) is 0 Å². The lowest BCUT2D eigenvalue weighted by atomic mass is 10.0. The molecule has 0 radical (unpaired) electrons. The van der Waals surface area contributed by atoms with Crippen molar-refractivity contribution in [1.82, 2.24) is 4.98 Å². The number of nitro groups is 1. The number of non-ortho nitro benzene ring substituents is 1. The van der Waals surface area contributed by atoms with Crippen LogP contribution < -0.4 is 5.32 Å². The summed E-state index contributed by atoms with van der Waals surface area (Å²) in [5, 5.41) is 14.2. The summed E-state index contributed by atoms with van der Waals surface area (Å²) in [5.41, 5.74) is 2.78. The van der Waals surface area contributed by atoms with E-state index >= 15 is 0 Å². The lowest BCUT2D eigenvalue weighted by Crippen LogP contribution is -2.13. The predicted molar refractivity (Wildman–Crippen MR) is 116 cm³/mol. The van der Waals surface area contributed by atoms with Crippen molar-refractivity contribution >= 4 is 49.9 Å². The van der Waals surface area contributed by atoms with Crippen LogP contribution in [0.5, 0.6) is 0 Å². The fraction of sp³-hybridized carbons (Fsp3) is 0. The van der Waals surface area contributed by atoms with E-state index in [0.29, 0.717) is 20.9 Å². The minimum Gasteiger partial charge on any atom is -0.298 e. The SMILES string of the molecule is O=C(Nc1nc2ccc([N+](=O)[O-])cc2s1)/C(=C/c1ccccc1)c1ccccc1. The number of rotatable bonds is 5. The van der Waals surface area contributed by atoms with Crippen LogP contribution in [0.15, 0.2) is 78.9 Å². The largest absolute Gasteiger partial charge is 0.298 e. The van der Waals surface area contributed by atoms with Gasteiger partial charge in [-0.1, -0.05) is 72.0 Å². The van der Waals surface area contributed by atoms with Crippen LogP contribution >= 0.6 is 11.3 Å². The smallest absolute Gasteiger partial charge is 0.270 e. The van der Waals surface area contributed by atoms with E-state index in [-0.39, 0.29) is 11.6 Å². The van der Waals surface area contributed by atoms with Gasteiger partial charge in [-0.25, -0.2) is 4.98 Å². The Morgan fingerprint density at radius 2 is 1.69 bits per heavy atom. The number of nitrogens with one attached hydrogen (secondary N) is 1. The summed E-state index contributed by atoms with van der Waals surface area (Å²) in [5.74, 6) is -0.298. The summed E-state index contributed by atoms with van der Waals surface area (Å²) in [7, 11) is 0. The van der Waals surface area contributed by atoms with Gasteiger partial charge in [0.1, 0.15) is 0 Å². The second kappa shape index (κ2) is 8.04. The van der Waals surface area contributed by atoms with Crippen LogP contribution in [0.25, 0.3) is 21.9 Å². The molecule has 1 heterocycles. The molecule has 0 aliphatic rings. The Bertz CT molecular complexity index is 1220. The lowest BCUT2D eigenvalue weighted by molar-refractivity contribution is -0.384. The Morgan fingerprint density at radius 3 is 2.38 bits per heavy atom. The standard InChI is InChI=1S/C22H15N3O3S/c26-21(24-22-23-19-12-11-17(25(27)28)14-20(19)29-22)18(16-9-5-2-6-10-16)13-15-7-3-1-4-8-15/h1-14H,(H,23,24,26)/b18-13+. The zero-order valence-electron chi connectivity index (χ0n) is 15.1. The average Bonchev–Trinajstić information content (AvgIpc) is 3.14. The zero-order chi connectivity index (χ0) is 20.2. The molecule has 4 aromatic rings. The highest BCUT2D eigenvalue weighted by atomic mass is 32.1. The van der Waals surface area contributed by atoms with E-state index in [1.54, 1.807) is 6.07 Å². The molecule has 0 aliphatic heterocycles. The molecule has 6 nitrogen and oxygen atoms in total. The van der Waals surface area contributed by atoms with Gasteiger partial charge in [0.25, 0.3) is 11.6 Å². The minimum absolute atomic E-state index is 0.00651. The third-order valence-corrected chi connectivity index (χ3v) is 5.18. The maximum Gasteiger partial charge on any atom is 0.270 e. The number of benzene rings is 3. The first-order valence-electron chi connectivity index (χ1n) is 8.79. The van der Waals surface area contributed by atoms with Gasteiger partial charge in [0.2, 0.25) is 0 Å². The number of amides is 1. The first-order chi connectivity index (χ1) is 14.1. The topological polar surface area (TPSA) is 85.1 Å². The number of carbonyl (C=O) groups is 1. The van der Waals surface area contributed by atoms with Gasteiger partial charge in [-0.2, -0.15) is 0 Å². The van der Waals surface area contributed by atoms with Crippen molar-refractivity contribution in [3.05, 3.63) is 100 Å². The van der Waals surface area contributed by atoms with Gasteiger partial charge >= 0.3 is 0 Å². The van der Waals surface area contributed by atoms with Crippen molar-refractivity contribution in [3.8, 4) is 0 Å². The van der Waals surface area contributed by atoms with E-state index in [2.05, 4.69) is 10.3 Å².